The summed E-state index contributed by atoms with van der Waals surface area (Å²) in [7, 11) is 0. The molecule has 22 unspecified atom stereocenters. The number of hydrogen-bond donors (Lipinski definition) is 24. The molecule has 0 spiro atoms. The topological polar surface area (TPSA) is 627 Å². The zero-order valence-corrected chi connectivity index (χ0v) is 41.2. The Labute approximate surface area is 444 Å². The minimum absolute atomic E-state index is 0.605. The Balaban J connectivity index is 1.81. The van der Waals surface area contributed by atoms with E-state index in [9.17, 15) is 123 Å². The smallest absolute Gasteiger partial charge is 0.218 e. The summed E-state index contributed by atoms with van der Waals surface area (Å²) in [5, 5.41) is 261. The van der Waals surface area contributed by atoms with Crippen molar-refractivity contribution in [1.29, 1.82) is 0 Å². The van der Waals surface area contributed by atoms with Crippen LogP contribution in [0.15, 0.2) is 51.2 Å². The van der Waals surface area contributed by atoms with Gasteiger partial charge in [0.15, 0.2) is 64.9 Å². The van der Waals surface area contributed by atoms with Gasteiger partial charge in [-0.05, 0) is 12.0 Å². The molecule has 3 saturated heterocycles. The molecule has 456 valence electrons. The molecule has 0 radical (unpaired) electrons. The van der Waals surface area contributed by atoms with Gasteiger partial charge in [0.2, 0.25) is 25.2 Å². The first-order valence-electron chi connectivity index (χ1n) is 23.9. The van der Waals surface area contributed by atoms with E-state index < -0.39 is 260 Å². The third kappa shape index (κ3) is 16.4. The van der Waals surface area contributed by atoms with Crippen LogP contribution < -0.4 is 0 Å². The van der Waals surface area contributed by atoms with Crippen LogP contribution in [0.2, 0.25) is 0 Å². The summed E-state index contributed by atoms with van der Waals surface area (Å²) in [4.78, 5) is 2.52. The Morgan fingerprint density at radius 1 is 0.329 bits per heavy atom. The van der Waals surface area contributed by atoms with Crippen molar-refractivity contribution in [1.82, 2.24) is 0 Å². The number of aliphatic hydroxyl groups is 24. The van der Waals surface area contributed by atoms with Crippen molar-refractivity contribution >= 4 is 0 Å². The molecule has 0 amide bonds. The number of hydrogen-bond acceptors (Lipinski definition) is 35. The fourth-order valence-corrected chi connectivity index (χ4v) is 8.16. The van der Waals surface area contributed by atoms with Gasteiger partial charge >= 0.3 is 0 Å². The van der Waals surface area contributed by atoms with Gasteiger partial charge in [-0.3, -0.25) is 0 Å². The molecule has 79 heavy (non-hydrogen) atoms. The maximum atomic E-state index is 11.1. The molecular weight excluding hydrogens is 1090 g/mol. The first kappa shape index (κ1) is 67.1. The van der Waals surface area contributed by atoms with Crippen LogP contribution in [0.5, 0.6) is 0 Å². The predicted molar refractivity (Wildman–Crippen MR) is 244 cm³/mol. The highest BCUT2D eigenvalue weighted by Gasteiger charge is 2.52. The molecule has 6 bridgehead atoms. The largest absolute Gasteiger partial charge is 0.506 e. The van der Waals surface area contributed by atoms with Crippen LogP contribution in [0.1, 0.15) is 25.7 Å². The fraction of sp³-hybridized carbons (Fsp3) is 0.810. The second-order valence-electron chi connectivity index (χ2n) is 17.7. The van der Waals surface area contributed by atoms with E-state index in [1.165, 1.54) is 0 Å². The van der Waals surface area contributed by atoms with Gasteiger partial charge in [-0.25, -0.2) is 0 Å². The Morgan fingerprint density at radius 3 is 0.835 bits per heavy atom. The van der Waals surface area contributed by atoms with Crippen LogP contribution in [0.4, 0.5) is 0 Å². The summed E-state index contributed by atoms with van der Waals surface area (Å²) in [5.74, 6) is -12.1. The number of aliphatic hydroxyl groups excluding tert-OH is 24. The van der Waals surface area contributed by atoms with E-state index in [0.29, 0.717) is 0 Å². The molecule has 3 fully saturated rings. The normalized spacial score (nSPS) is 43.5. The first-order valence-corrected chi connectivity index (χ1v) is 23.9. The van der Waals surface area contributed by atoms with Gasteiger partial charge in [0.25, 0.3) is 0 Å². The summed E-state index contributed by atoms with van der Waals surface area (Å²) in [6, 6.07) is 0. The van der Waals surface area contributed by atoms with Crippen LogP contribution >= 0.6 is 0 Å². The number of ether oxygens (including phenoxy) is 10. The van der Waals surface area contributed by atoms with Crippen molar-refractivity contribution in [3.05, 3.63) is 56.5 Å². The van der Waals surface area contributed by atoms with E-state index in [-0.39, 0.29) is 0 Å². The molecule has 23 atom stereocenters. The van der Waals surface area contributed by atoms with Crippen LogP contribution in [0.25, 0.3) is 10.4 Å². The number of rotatable bonds is 12. The van der Waals surface area contributed by atoms with Crippen molar-refractivity contribution in [3.63, 3.8) is 0 Å². The van der Waals surface area contributed by atoms with Gasteiger partial charge in [0.05, 0.1) is 19.8 Å². The fourth-order valence-electron chi connectivity index (χ4n) is 8.16. The highest BCUT2D eigenvalue weighted by Crippen LogP contribution is 2.34. The van der Waals surface area contributed by atoms with Gasteiger partial charge in [0, 0.05) is 50.5 Å². The predicted octanol–water partition coefficient (Wildman–Crippen LogP) is -7.56. The lowest BCUT2D eigenvalue weighted by Gasteiger charge is -2.43. The average Bonchev–Trinajstić information content (AvgIpc) is 3.47. The summed E-state index contributed by atoms with van der Waals surface area (Å²) in [6.07, 6.45) is -55.1. The van der Waals surface area contributed by atoms with Crippen LogP contribution in [-0.4, -0.2) is 310 Å². The maximum Gasteiger partial charge on any atom is 0.218 e. The summed E-state index contributed by atoms with van der Waals surface area (Å²) < 4.78 is 53.6. The molecule has 0 aromatic rings. The zero-order valence-electron chi connectivity index (χ0n) is 41.2. The van der Waals surface area contributed by atoms with Crippen molar-refractivity contribution in [2.75, 3.05) is 46.2 Å². The van der Waals surface area contributed by atoms with E-state index in [1.54, 1.807) is 0 Å². The minimum Gasteiger partial charge on any atom is -0.506 e. The van der Waals surface area contributed by atoms with E-state index in [4.69, 9.17) is 52.9 Å². The lowest BCUT2D eigenvalue weighted by Crippen LogP contribution is -2.61. The first-order chi connectivity index (χ1) is 37.4. The van der Waals surface area contributed by atoms with Gasteiger partial charge in [-0.1, -0.05) is 5.11 Å². The number of fused-ring (bicyclic) bond motifs is 3. The summed E-state index contributed by atoms with van der Waals surface area (Å²) in [5.41, 5.74) is 8.87. The average molecular weight is 1160 g/mol. The van der Waals surface area contributed by atoms with Crippen molar-refractivity contribution in [2.24, 2.45) is 5.11 Å². The van der Waals surface area contributed by atoms with Gasteiger partial charge in [-0.2, -0.15) is 0 Å². The third-order valence-corrected chi connectivity index (χ3v) is 12.4. The van der Waals surface area contributed by atoms with E-state index in [0.717, 1.165) is 0 Å². The molecule has 24 N–H and O–H groups in total. The van der Waals surface area contributed by atoms with E-state index >= 15 is 0 Å². The quantitative estimate of drug-likeness (QED) is 0.0490. The molecule has 37 nitrogen and oxygen atoms in total. The molecule has 7 heterocycles. The molecule has 0 saturated carbocycles. The van der Waals surface area contributed by atoms with Crippen molar-refractivity contribution < 1.29 is 170 Å². The standard InChI is InChI=1S/C42H69N3O34/c43-45-44-5-1-12-19(52)26(59)36(66)70-13(2-6-46)20(53)27(60)37(67)77-34-17(10-50)75-41(31(64)24(34)57)72-15(4-8-48)22(55)29(62)39(69)79-35-18(11-51)76-42(32(65)25(35)58)73-14(3-7-47)21(54)28(61)38(68)78-33-16(9-49)74-40(71-12)30(63)23(33)56/h12-18,23-25,30-42,46-69H,1-11H2/b26-19?,27-20-,28-21-,29-22-/t12?,13?,14?,15?,16?,17?,18?,23?,24?,25?,30?,31?,32?,33?,34?,35-,36?,37?,38?,39?,40?,41?,42?/m1/s1. The van der Waals surface area contributed by atoms with E-state index in [1.807, 2.05) is 0 Å². The second-order valence-corrected chi connectivity index (χ2v) is 17.7. The Morgan fingerprint density at radius 2 is 0.582 bits per heavy atom. The lowest BCUT2D eigenvalue weighted by atomic mass is 9.98. The van der Waals surface area contributed by atoms with Gasteiger partial charge < -0.3 is 170 Å². The molecule has 7 rings (SSSR count). The third-order valence-electron chi connectivity index (χ3n) is 12.4. The molecule has 7 aliphatic rings. The highest BCUT2D eigenvalue weighted by molar-refractivity contribution is 5.13. The Kier molecular flexibility index (Phi) is 26.5. The van der Waals surface area contributed by atoms with Crippen molar-refractivity contribution in [2.45, 2.75) is 167 Å². The molecular formula is C42H69N3O34. The SMILES string of the molecule is [N-]=[N+]=NCCC1OC2OC(CO)C(OC(O)/C(O)=C(/O)C(CCO)OC3OC(CO)[C@@H](OC(O)/C(O)=C(/O)C(CCO)OC4OC(CO)C(OC(O)/C(O)=C(/O)C(CCO)OC(O)C(O)=C1O)C(O)C4O)C(O)C3O)C(O)C2O. The number of azide groups is 1. The molecule has 0 aromatic heterocycles. The zero-order chi connectivity index (χ0) is 59.2. The summed E-state index contributed by atoms with van der Waals surface area (Å²) in [6.45, 7) is -6.91. The minimum atomic E-state index is -2.81. The van der Waals surface area contributed by atoms with Crippen molar-refractivity contribution in [3.8, 4) is 0 Å². The lowest BCUT2D eigenvalue weighted by molar-refractivity contribution is -0.332. The molecule has 0 aliphatic carbocycles. The maximum absolute atomic E-state index is 11.1. The molecule has 7 aliphatic heterocycles. The van der Waals surface area contributed by atoms with E-state index in [2.05, 4.69) is 10.0 Å². The highest BCUT2D eigenvalue weighted by atomic mass is 16.7. The molecule has 0 aromatic carbocycles. The molecule has 37 heteroatoms. The van der Waals surface area contributed by atoms with Crippen LogP contribution in [0, 0.1) is 0 Å². The Hall–Kier alpha value is -4.37. The van der Waals surface area contributed by atoms with Crippen LogP contribution in [-0.2, 0) is 47.4 Å². The number of nitrogens with zero attached hydrogens (tertiary/aromatic N) is 3. The van der Waals surface area contributed by atoms with Gasteiger partial charge in [0.1, 0.15) is 97.7 Å². The summed E-state index contributed by atoms with van der Waals surface area (Å²) >= 11 is 0. The second kappa shape index (κ2) is 31.2. The Bertz CT molecular complexity index is 2080. The monoisotopic (exact) mass is 1160 g/mol. The van der Waals surface area contributed by atoms with Crippen LogP contribution in [0.3, 0.4) is 0 Å². The van der Waals surface area contributed by atoms with Gasteiger partial charge in [-0.15, -0.1) is 0 Å².